The Kier molecular flexibility index (Phi) is 5.69. The van der Waals surface area contributed by atoms with Crippen molar-refractivity contribution in [1.29, 1.82) is 0 Å². The quantitative estimate of drug-likeness (QED) is 0.642. The smallest absolute Gasteiger partial charge is 0.255 e. The van der Waals surface area contributed by atoms with Crippen molar-refractivity contribution in [2.75, 3.05) is 19.8 Å². The number of amides is 1. The second-order valence-corrected chi connectivity index (χ2v) is 7.58. The number of carbonyl (C=O) groups excluding carboxylic acids is 1. The molecule has 0 saturated carbocycles. The Morgan fingerprint density at radius 1 is 1.27 bits per heavy atom. The number of nitrogens with zero attached hydrogens (tertiary/aromatic N) is 2. The Balaban J connectivity index is 1.57. The van der Waals surface area contributed by atoms with Crippen LogP contribution in [-0.4, -0.2) is 46.3 Å². The summed E-state index contributed by atoms with van der Waals surface area (Å²) in [7, 11) is 0. The molecule has 1 fully saturated rings. The number of fused-ring (bicyclic) bond motifs is 1. The van der Waals surface area contributed by atoms with Crippen molar-refractivity contribution in [3.05, 3.63) is 53.3 Å². The Morgan fingerprint density at radius 2 is 2.07 bits per heavy atom. The Labute approximate surface area is 174 Å². The monoisotopic (exact) mass is 411 g/mol. The fourth-order valence-corrected chi connectivity index (χ4v) is 3.70. The molecule has 30 heavy (non-hydrogen) atoms. The number of ether oxygens (including phenoxy) is 2. The SMILES string of the molecule is Cc1nccc(COc2ccc3oc(C)c(C(=O)NC4(CO)CCOCC4)c3c2)n1. The minimum atomic E-state index is -0.676. The number of furan rings is 1. The third-order valence-corrected chi connectivity index (χ3v) is 5.41. The first-order valence-corrected chi connectivity index (χ1v) is 9.95. The highest BCUT2D eigenvalue weighted by atomic mass is 16.5. The maximum atomic E-state index is 13.1. The average molecular weight is 411 g/mol. The Morgan fingerprint density at radius 3 is 2.80 bits per heavy atom. The molecule has 8 heteroatoms. The Hall–Kier alpha value is -2.97. The first kappa shape index (κ1) is 20.3. The predicted octanol–water partition coefficient (Wildman–Crippen LogP) is 2.69. The van der Waals surface area contributed by atoms with E-state index >= 15 is 0 Å². The van der Waals surface area contributed by atoms with Crippen molar-refractivity contribution in [3.63, 3.8) is 0 Å². The summed E-state index contributed by atoms with van der Waals surface area (Å²) in [5, 5.41) is 13.6. The number of hydrogen-bond donors (Lipinski definition) is 2. The summed E-state index contributed by atoms with van der Waals surface area (Å²) in [6.07, 6.45) is 2.83. The van der Waals surface area contributed by atoms with E-state index in [2.05, 4.69) is 15.3 Å². The first-order chi connectivity index (χ1) is 14.5. The fourth-order valence-electron chi connectivity index (χ4n) is 3.70. The molecule has 0 radical (unpaired) electrons. The van der Waals surface area contributed by atoms with Gasteiger partial charge in [0.1, 0.15) is 29.5 Å². The second kappa shape index (κ2) is 8.41. The second-order valence-electron chi connectivity index (χ2n) is 7.58. The largest absolute Gasteiger partial charge is 0.487 e. The zero-order valence-electron chi connectivity index (χ0n) is 17.1. The van der Waals surface area contributed by atoms with Gasteiger partial charge < -0.3 is 24.3 Å². The van der Waals surface area contributed by atoms with Crippen LogP contribution in [0.15, 0.2) is 34.9 Å². The number of benzene rings is 1. The number of hydrogen-bond acceptors (Lipinski definition) is 7. The molecule has 0 unspecified atom stereocenters. The van der Waals surface area contributed by atoms with Gasteiger partial charge in [-0.15, -0.1) is 0 Å². The molecular formula is C22H25N3O5. The van der Waals surface area contributed by atoms with Gasteiger partial charge in [-0.3, -0.25) is 4.79 Å². The molecule has 1 aromatic carbocycles. The van der Waals surface area contributed by atoms with Gasteiger partial charge in [-0.25, -0.2) is 9.97 Å². The molecule has 3 aromatic rings. The maximum absolute atomic E-state index is 13.1. The van der Waals surface area contributed by atoms with E-state index in [9.17, 15) is 9.90 Å². The topological polar surface area (TPSA) is 107 Å². The first-order valence-electron chi connectivity index (χ1n) is 9.95. The van der Waals surface area contributed by atoms with Crippen molar-refractivity contribution in [2.45, 2.75) is 38.8 Å². The van der Waals surface area contributed by atoms with E-state index in [1.165, 1.54) is 0 Å². The van der Waals surface area contributed by atoms with E-state index in [-0.39, 0.29) is 12.5 Å². The van der Waals surface area contributed by atoms with Crippen molar-refractivity contribution in [3.8, 4) is 5.75 Å². The third kappa shape index (κ3) is 4.15. The molecule has 158 valence electrons. The van der Waals surface area contributed by atoms with Gasteiger partial charge in [-0.05, 0) is 51.0 Å². The predicted molar refractivity (Wildman–Crippen MR) is 109 cm³/mol. The molecule has 2 aromatic heterocycles. The zero-order valence-corrected chi connectivity index (χ0v) is 17.1. The fraction of sp³-hybridized carbons (Fsp3) is 0.409. The highest BCUT2D eigenvalue weighted by Crippen LogP contribution is 2.30. The lowest BCUT2D eigenvalue weighted by molar-refractivity contribution is 0.0125. The maximum Gasteiger partial charge on any atom is 0.255 e. The lowest BCUT2D eigenvalue weighted by Crippen LogP contribution is -2.54. The molecule has 1 saturated heterocycles. The van der Waals surface area contributed by atoms with Gasteiger partial charge >= 0.3 is 0 Å². The summed E-state index contributed by atoms with van der Waals surface area (Å²) >= 11 is 0. The van der Waals surface area contributed by atoms with Crippen molar-refractivity contribution in [1.82, 2.24) is 15.3 Å². The van der Waals surface area contributed by atoms with Crippen LogP contribution in [0.4, 0.5) is 0 Å². The van der Waals surface area contributed by atoms with E-state index < -0.39 is 5.54 Å². The number of aryl methyl sites for hydroxylation is 2. The van der Waals surface area contributed by atoms with Gasteiger partial charge in [0.05, 0.1) is 23.4 Å². The van der Waals surface area contributed by atoms with Gasteiger partial charge in [0, 0.05) is 24.8 Å². The zero-order chi connectivity index (χ0) is 21.1. The van der Waals surface area contributed by atoms with Gasteiger partial charge in [0.15, 0.2) is 0 Å². The summed E-state index contributed by atoms with van der Waals surface area (Å²) in [5.74, 6) is 1.54. The Bertz CT molecular complexity index is 1060. The minimum absolute atomic E-state index is 0.135. The number of aliphatic hydroxyl groups excluding tert-OH is 1. The molecule has 0 aliphatic carbocycles. The average Bonchev–Trinajstić information content (AvgIpc) is 3.08. The van der Waals surface area contributed by atoms with Crippen LogP contribution in [-0.2, 0) is 11.3 Å². The van der Waals surface area contributed by atoms with E-state index in [1.807, 2.05) is 6.92 Å². The molecule has 2 N–H and O–H groups in total. The molecule has 1 amide bonds. The van der Waals surface area contributed by atoms with Crippen LogP contribution >= 0.6 is 0 Å². The summed E-state index contributed by atoms with van der Waals surface area (Å²) in [5.41, 5.74) is 1.15. The lowest BCUT2D eigenvalue weighted by Gasteiger charge is -2.36. The summed E-state index contributed by atoms with van der Waals surface area (Å²) < 4.78 is 17.0. The lowest BCUT2D eigenvalue weighted by atomic mass is 9.90. The number of carbonyl (C=O) groups is 1. The van der Waals surface area contributed by atoms with Crippen LogP contribution in [0.2, 0.25) is 0 Å². The highest BCUT2D eigenvalue weighted by molar-refractivity contribution is 6.07. The molecule has 0 atom stereocenters. The molecular weight excluding hydrogens is 386 g/mol. The van der Waals surface area contributed by atoms with Crippen LogP contribution < -0.4 is 10.1 Å². The number of rotatable bonds is 6. The van der Waals surface area contributed by atoms with Gasteiger partial charge in [0.2, 0.25) is 0 Å². The molecule has 4 rings (SSSR count). The van der Waals surface area contributed by atoms with Crippen LogP contribution in [0.25, 0.3) is 11.0 Å². The summed E-state index contributed by atoms with van der Waals surface area (Å²) in [4.78, 5) is 21.5. The van der Waals surface area contributed by atoms with Gasteiger partial charge in [0.25, 0.3) is 5.91 Å². The highest BCUT2D eigenvalue weighted by Gasteiger charge is 2.35. The molecule has 8 nitrogen and oxygen atoms in total. The minimum Gasteiger partial charge on any atom is -0.487 e. The van der Waals surface area contributed by atoms with Crippen molar-refractivity contribution in [2.24, 2.45) is 0 Å². The summed E-state index contributed by atoms with van der Waals surface area (Å²) in [6.45, 7) is 4.75. The van der Waals surface area contributed by atoms with E-state index in [4.69, 9.17) is 13.9 Å². The van der Waals surface area contributed by atoms with Crippen LogP contribution in [0.5, 0.6) is 5.75 Å². The van der Waals surface area contributed by atoms with E-state index in [0.29, 0.717) is 66.5 Å². The number of nitrogens with one attached hydrogen (secondary N) is 1. The van der Waals surface area contributed by atoms with Gasteiger partial charge in [-0.2, -0.15) is 0 Å². The van der Waals surface area contributed by atoms with Crippen molar-refractivity contribution < 1.29 is 23.8 Å². The molecule has 0 spiro atoms. The van der Waals surface area contributed by atoms with Crippen molar-refractivity contribution >= 4 is 16.9 Å². The standard InChI is InChI=1S/C22H25N3O5/c1-14-20(21(27)25-22(13-26)6-9-28-10-7-22)18-11-17(3-4-19(18)30-14)29-12-16-5-8-23-15(2)24-16/h3-5,8,11,26H,6-7,9-10,12-13H2,1-2H3,(H,25,27). The molecule has 0 bridgehead atoms. The molecule has 3 heterocycles. The number of aliphatic hydroxyl groups is 1. The van der Waals surface area contributed by atoms with E-state index in [1.54, 1.807) is 37.4 Å². The molecule has 1 aliphatic rings. The van der Waals surface area contributed by atoms with Crippen LogP contribution in [0, 0.1) is 13.8 Å². The summed E-state index contributed by atoms with van der Waals surface area (Å²) in [6, 6.07) is 7.18. The molecule has 1 aliphatic heterocycles. The third-order valence-electron chi connectivity index (χ3n) is 5.41. The van der Waals surface area contributed by atoms with Crippen LogP contribution in [0.3, 0.4) is 0 Å². The van der Waals surface area contributed by atoms with Gasteiger partial charge in [-0.1, -0.05) is 0 Å². The number of aromatic nitrogens is 2. The van der Waals surface area contributed by atoms with Crippen LogP contribution in [0.1, 0.15) is 40.5 Å². The van der Waals surface area contributed by atoms with E-state index in [0.717, 1.165) is 5.69 Å². The normalized spacial score (nSPS) is 15.8.